The Morgan fingerprint density at radius 2 is 0.760 bits per heavy atom. The molecule has 4 rings (SSSR count). The topological polar surface area (TPSA) is 121 Å². The van der Waals surface area contributed by atoms with E-state index in [9.17, 15) is 9.59 Å². The van der Waals surface area contributed by atoms with Crippen molar-refractivity contribution >= 4 is 66.5 Å². The fourth-order valence-electron chi connectivity index (χ4n) is 4.14. The van der Waals surface area contributed by atoms with Gasteiger partial charge in [-0.05, 0) is 136 Å². The van der Waals surface area contributed by atoms with Crippen molar-refractivity contribution in [3.05, 3.63) is 108 Å². The molecule has 0 spiro atoms. The van der Waals surface area contributed by atoms with E-state index in [4.69, 9.17) is 9.47 Å². The zero-order valence-corrected chi connectivity index (χ0v) is 31.5. The highest BCUT2D eigenvalue weighted by Gasteiger charge is 2.05. The minimum atomic E-state index is -0.369. The van der Waals surface area contributed by atoms with Gasteiger partial charge >= 0.3 is 11.9 Å². The smallest absolute Gasteiger partial charge is 0.337 e. The summed E-state index contributed by atoms with van der Waals surface area (Å²) < 4.78 is 20.7. The first-order chi connectivity index (χ1) is 24.4. The lowest BCUT2D eigenvalue weighted by Gasteiger charge is -2.05. The van der Waals surface area contributed by atoms with Crippen LogP contribution in [0.25, 0.3) is 0 Å². The number of carbonyl (C=O) groups is 2. The second kappa shape index (κ2) is 23.9. The SMILES string of the molecule is COC(=O)c1ccc(N=Nc2ccc(OCCCCCBr)cc2)cc1.COC(=O)c1ccc(N=Nc2ccc(OCCCCCBr)cc2)cc1. The Labute approximate surface area is 310 Å². The van der Waals surface area contributed by atoms with Crippen LogP contribution in [0.1, 0.15) is 59.2 Å². The van der Waals surface area contributed by atoms with Gasteiger partial charge in [0.15, 0.2) is 0 Å². The van der Waals surface area contributed by atoms with Gasteiger partial charge in [0.25, 0.3) is 0 Å². The first-order valence-corrected chi connectivity index (χ1v) is 18.5. The molecular formula is C38H42Br2N4O6. The van der Waals surface area contributed by atoms with Crippen molar-refractivity contribution < 1.29 is 28.5 Å². The maximum atomic E-state index is 11.4. The summed E-state index contributed by atoms with van der Waals surface area (Å²) in [6.45, 7) is 1.45. The van der Waals surface area contributed by atoms with E-state index in [0.29, 0.717) is 22.5 Å². The molecule has 0 atom stereocenters. The standard InChI is InChI=1S/2C19H21BrN2O3/c2*1-24-19(23)15-5-7-16(8-6-15)21-22-17-9-11-18(12-10-17)25-14-4-2-3-13-20/h2*5-12H,2-4,13-14H2,1H3. The van der Waals surface area contributed by atoms with E-state index >= 15 is 0 Å². The number of rotatable bonds is 18. The number of alkyl halides is 2. The molecule has 264 valence electrons. The summed E-state index contributed by atoms with van der Waals surface area (Å²) >= 11 is 6.84. The third-order valence-corrected chi connectivity index (χ3v) is 8.03. The molecule has 0 bridgehead atoms. The molecule has 0 radical (unpaired) electrons. The lowest BCUT2D eigenvalue weighted by atomic mass is 10.2. The van der Waals surface area contributed by atoms with Crippen LogP contribution < -0.4 is 9.47 Å². The number of halogens is 2. The van der Waals surface area contributed by atoms with Crippen molar-refractivity contribution in [3.8, 4) is 11.5 Å². The molecule has 0 unspecified atom stereocenters. The summed E-state index contributed by atoms with van der Waals surface area (Å²) in [7, 11) is 2.71. The molecule has 4 aromatic rings. The summed E-state index contributed by atoms with van der Waals surface area (Å²) in [5.41, 5.74) is 3.78. The van der Waals surface area contributed by atoms with Crippen LogP contribution in [0.5, 0.6) is 11.5 Å². The molecule has 0 aromatic heterocycles. The predicted octanol–water partition coefficient (Wildman–Crippen LogP) is 11.7. The summed E-state index contributed by atoms with van der Waals surface area (Å²) in [5, 5.41) is 18.8. The van der Waals surface area contributed by atoms with Crippen LogP contribution in [0.3, 0.4) is 0 Å². The van der Waals surface area contributed by atoms with Gasteiger partial charge in [0.1, 0.15) is 11.5 Å². The largest absolute Gasteiger partial charge is 0.494 e. The number of ether oxygens (including phenoxy) is 4. The molecule has 0 aliphatic carbocycles. The fraction of sp³-hybridized carbons (Fsp3) is 0.316. The molecule has 0 fully saturated rings. The fourth-order valence-corrected chi connectivity index (χ4v) is 4.93. The first kappa shape index (κ1) is 40.0. The van der Waals surface area contributed by atoms with Gasteiger partial charge in [0.2, 0.25) is 0 Å². The van der Waals surface area contributed by atoms with Crippen LogP contribution >= 0.6 is 31.9 Å². The molecule has 50 heavy (non-hydrogen) atoms. The van der Waals surface area contributed by atoms with Crippen molar-refractivity contribution in [2.45, 2.75) is 38.5 Å². The van der Waals surface area contributed by atoms with E-state index in [1.165, 1.54) is 27.1 Å². The number of azo groups is 2. The van der Waals surface area contributed by atoms with Gasteiger partial charge < -0.3 is 18.9 Å². The minimum Gasteiger partial charge on any atom is -0.494 e. The van der Waals surface area contributed by atoms with E-state index in [0.717, 1.165) is 72.4 Å². The van der Waals surface area contributed by atoms with Crippen molar-refractivity contribution in [3.63, 3.8) is 0 Å². The van der Waals surface area contributed by atoms with Crippen LogP contribution in [0, 0.1) is 0 Å². The molecule has 4 aromatic carbocycles. The Hall–Kier alpha value is -4.42. The number of nitrogens with zero attached hydrogens (tertiary/aromatic N) is 4. The molecule has 0 aliphatic heterocycles. The second-order valence-electron chi connectivity index (χ2n) is 10.7. The lowest BCUT2D eigenvalue weighted by Crippen LogP contribution is -1.99. The average Bonchev–Trinajstić information content (AvgIpc) is 3.17. The monoisotopic (exact) mass is 808 g/mol. The van der Waals surface area contributed by atoms with Gasteiger partial charge in [-0.25, -0.2) is 9.59 Å². The van der Waals surface area contributed by atoms with E-state index in [-0.39, 0.29) is 11.9 Å². The Morgan fingerprint density at radius 1 is 0.460 bits per heavy atom. The molecular weight excluding hydrogens is 768 g/mol. The molecule has 0 heterocycles. The van der Waals surface area contributed by atoms with Crippen LogP contribution in [0.2, 0.25) is 0 Å². The molecule has 10 nitrogen and oxygen atoms in total. The maximum Gasteiger partial charge on any atom is 0.337 e. The van der Waals surface area contributed by atoms with Crippen molar-refractivity contribution in [1.29, 1.82) is 0 Å². The molecule has 0 N–H and O–H groups in total. The maximum absolute atomic E-state index is 11.4. The summed E-state index contributed by atoms with van der Waals surface area (Å²) in [6.07, 6.45) is 6.76. The number of benzene rings is 4. The number of carbonyl (C=O) groups excluding carboxylic acids is 2. The number of hydrogen-bond acceptors (Lipinski definition) is 10. The number of methoxy groups -OCH3 is 2. The summed E-state index contributed by atoms with van der Waals surface area (Å²) in [4.78, 5) is 22.7. The Bertz CT molecular complexity index is 1490. The zero-order chi connectivity index (χ0) is 35.8. The van der Waals surface area contributed by atoms with Gasteiger partial charge in [0.05, 0.1) is 61.3 Å². The van der Waals surface area contributed by atoms with Gasteiger partial charge in [0, 0.05) is 10.7 Å². The zero-order valence-electron chi connectivity index (χ0n) is 28.3. The minimum absolute atomic E-state index is 0.369. The summed E-state index contributed by atoms with van der Waals surface area (Å²) in [5.74, 6) is 0.929. The number of esters is 2. The van der Waals surface area contributed by atoms with Crippen LogP contribution in [0.15, 0.2) is 118 Å². The third kappa shape index (κ3) is 15.4. The average molecular weight is 811 g/mol. The highest BCUT2D eigenvalue weighted by atomic mass is 79.9. The Morgan fingerprint density at radius 3 is 1.04 bits per heavy atom. The van der Waals surface area contributed by atoms with Gasteiger partial charge in [-0.2, -0.15) is 20.5 Å². The third-order valence-electron chi connectivity index (χ3n) is 6.91. The highest BCUT2D eigenvalue weighted by molar-refractivity contribution is 9.09. The van der Waals surface area contributed by atoms with Gasteiger partial charge in [-0.15, -0.1) is 0 Å². The number of hydrogen-bond donors (Lipinski definition) is 0. The van der Waals surface area contributed by atoms with Crippen molar-refractivity contribution in [1.82, 2.24) is 0 Å². The lowest BCUT2D eigenvalue weighted by molar-refractivity contribution is 0.0592. The molecule has 0 saturated carbocycles. The molecule has 12 heteroatoms. The normalized spacial score (nSPS) is 10.8. The Balaban J connectivity index is 0.000000270. The number of unbranched alkanes of at least 4 members (excludes halogenated alkanes) is 4. The van der Waals surface area contributed by atoms with Crippen LogP contribution in [0.4, 0.5) is 22.7 Å². The predicted molar refractivity (Wildman–Crippen MR) is 203 cm³/mol. The van der Waals surface area contributed by atoms with Crippen LogP contribution in [-0.2, 0) is 9.47 Å². The molecule has 0 aliphatic rings. The highest BCUT2D eigenvalue weighted by Crippen LogP contribution is 2.23. The van der Waals surface area contributed by atoms with E-state index in [1.54, 1.807) is 48.5 Å². The van der Waals surface area contributed by atoms with E-state index < -0.39 is 0 Å². The molecule has 0 saturated heterocycles. The van der Waals surface area contributed by atoms with Gasteiger partial charge in [-0.3, -0.25) is 0 Å². The molecule has 0 amide bonds. The van der Waals surface area contributed by atoms with E-state index in [2.05, 4.69) is 61.8 Å². The van der Waals surface area contributed by atoms with E-state index in [1.807, 2.05) is 48.5 Å². The van der Waals surface area contributed by atoms with Crippen molar-refractivity contribution in [2.75, 3.05) is 38.1 Å². The quantitative estimate of drug-likeness (QED) is 0.0427. The van der Waals surface area contributed by atoms with Gasteiger partial charge in [-0.1, -0.05) is 31.9 Å². The van der Waals surface area contributed by atoms with Crippen molar-refractivity contribution in [2.24, 2.45) is 20.5 Å². The summed E-state index contributed by atoms with van der Waals surface area (Å²) in [6, 6.07) is 28.5. The Kier molecular flexibility index (Phi) is 19.1. The second-order valence-corrected chi connectivity index (χ2v) is 12.2. The first-order valence-electron chi connectivity index (χ1n) is 16.2. The van der Waals surface area contributed by atoms with Crippen LogP contribution in [-0.4, -0.2) is 50.0 Å².